The van der Waals surface area contributed by atoms with Crippen LogP contribution in [0.15, 0.2) is 42.5 Å². The molecule has 0 fully saturated rings. The van der Waals surface area contributed by atoms with E-state index in [1.165, 1.54) is 24.0 Å². The van der Waals surface area contributed by atoms with E-state index in [1.54, 1.807) is 31.4 Å². The van der Waals surface area contributed by atoms with Gasteiger partial charge in [-0.05, 0) is 67.0 Å². The summed E-state index contributed by atoms with van der Waals surface area (Å²) >= 11 is 0. The summed E-state index contributed by atoms with van der Waals surface area (Å²) in [5.74, 6) is 0.00251. The van der Waals surface area contributed by atoms with Crippen molar-refractivity contribution < 1.29 is 19.1 Å². The molecule has 0 saturated carbocycles. The number of carbonyl (C=O) groups is 2. The lowest BCUT2D eigenvalue weighted by molar-refractivity contribution is -0.148. The van der Waals surface area contributed by atoms with Crippen LogP contribution in [0.25, 0.3) is 0 Å². The monoisotopic (exact) mass is 381 g/mol. The number of hydrogen-bond acceptors (Lipinski definition) is 4. The highest BCUT2D eigenvalue weighted by molar-refractivity contribution is 5.81. The molecule has 148 valence electrons. The van der Waals surface area contributed by atoms with Crippen molar-refractivity contribution in [3.63, 3.8) is 0 Å². The van der Waals surface area contributed by atoms with Gasteiger partial charge in [0.25, 0.3) is 5.91 Å². The molecule has 0 aliphatic heterocycles. The van der Waals surface area contributed by atoms with E-state index in [0.717, 1.165) is 29.7 Å². The van der Waals surface area contributed by atoms with Crippen molar-refractivity contribution in [2.75, 3.05) is 13.7 Å². The second kappa shape index (κ2) is 9.40. The highest BCUT2D eigenvalue weighted by Gasteiger charge is 2.15. The van der Waals surface area contributed by atoms with Crippen LogP contribution in [-0.4, -0.2) is 25.6 Å². The van der Waals surface area contributed by atoms with Gasteiger partial charge in [0.1, 0.15) is 5.75 Å². The molecule has 1 atom stereocenters. The molecule has 0 aromatic heterocycles. The number of benzene rings is 2. The van der Waals surface area contributed by atoms with E-state index in [2.05, 4.69) is 23.5 Å². The van der Waals surface area contributed by atoms with E-state index < -0.39 is 5.97 Å². The quantitative estimate of drug-likeness (QED) is 0.745. The topological polar surface area (TPSA) is 64.6 Å². The second-order valence-corrected chi connectivity index (χ2v) is 7.21. The number of ether oxygens (including phenoxy) is 2. The summed E-state index contributed by atoms with van der Waals surface area (Å²) in [6.07, 6.45) is 4.84. The number of aryl methyl sites for hydroxylation is 2. The van der Waals surface area contributed by atoms with E-state index >= 15 is 0 Å². The van der Waals surface area contributed by atoms with E-state index in [0.29, 0.717) is 0 Å². The number of rotatable bonds is 7. The van der Waals surface area contributed by atoms with E-state index in [1.807, 2.05) is 6.92 Å². The average Bonchev–Trinajstić information content (AvgIpc) is 2.72. The van der Waals surface area contributed by atoms with Crippen LogP contribution in [0, 0.1) is 0 Å². The Morgan fingerprint density at radius 2 is 1.75 bits per heavy atom. The molecule has 5 heteroatoms. The van der Waals surface area contributed by atoms with Crippen LogP contribution in [0.1, 0.15) is 48.1 Å². The van der Waals surface area contributed by atoms with Gasteiger partial charge in [0, 0.05) is 0 Å². The first-order chi connectivity index (χ1) is 13.5. The molecule has 0 heterocycles. The average molecular weight is 381 g/mol. The van der Waals surface area contributed by atoms with Gasteiger partial charge >= 0.3 is 5.97 Å². The van der Waals surface area contributed by atoms with Crippen LogP contribution in [-0.2, 0) is 33.6 Å². The smallest absolute Gasteiger partial charge is 0.310 e. The minimum absolute atomic E-state index is 0.123. The molecule has 2 aromatic carbocycles. The third-order valence-corrected chi connectivity index (χ3v) is 5.12. The van der Waals surface area contributed by atoms with E-state index in [4.69, 9.17) is 9.47 Å². The molecule has 3 rings (SSSR count). The van der Waals surface area contributed by atoms with Crippen LogP contribution in [0.3, 0.4) is 0 Å². The number of hydrogen-bond donors (Lipinski definition) is 1. The fraction of sp³-hybridized carbons (Fsp3) is 0.391. The van der Waals surface area contributed by atoms with Gasteiger partial charge in [-0.3, -0.25) is 9.59 Å². The van der Waals surface area contributed by atoms with Crippen LogP contribution in [0.5, 0.6) is 5.75 Å². The Labute approximate surface area is 166 Å². The van der Waals surface area contributed by atoms with Gasteiger partial charge < -0.3 is 14.8 Å². The Hall–Kier alpha value is -2.82. The zero-order valence-electron chi connectivity index (χ0n) is 16.5. The lowest BCUT2D eigenvalue weighted by atomic mass is 9.89. The highest BCUT2D eigenvalue weighted by Crippen LogP contribution is 2.24. The third-order valence-electron chi connectivity index (χ3n) is 5.12. The Kier molecular flexibility index (Phi) is 6.69. The van der Waals surface area contributed by atoms with Crippen molar-refractivity contribution in [1.29, 1.82) is 0 Å². The first kappa shape index (κ1) is 19.9. The largest absolute Gasteiger partial charge is 0.497 e. The van der Waals surface area contributed by atoms with Gasteiger partial charge in [0.05, 0.1) is 19.6 Å². The molecular formula is C23H27NO4. The van der Waals surface area contributed by atoms with Gasteiger partial charge in [0.2, 0.25) is 0 Å². The fourth-order valence-corrected chi connectivity index (χ4v) is 3.50. The number of esters is 1. The van der Waals surface area contributed by atoms with Crippen LogP contribution >= 0.6 is 0 Å². The summed E-state index contributed by atoms with van der Waals surface area (Å²) in [5.41, 5.74) is 4.70. The summed E-state index contributed by atoms with van der Waals surface area (Å²) in [6.45, 7) is 1.67. The maximum Gasteiger partial charge on any atom is 0.310 e. The third kappa shape index (κ3) is 5.35. The molecule has 2 aromatic rings. The minimum atomic E-state index is -0.429. The highest BCUT2D eigenvalue weighted by atomic mass is 16.5. The zero-order valence-corrected chi connectivity index (χ0v) is 16.5. The zero-order chi connectivity index (χ0) is 19.9. The van der Waals surface area contributed by atoms with Gasteiger partial charge in [-0.1, -0.05) is 30.3 Å². The standard InChI is InChI=1S/C23H27NO4/c1-16(19-10-9-18-5-3-4-6-20(18)14-19)24-22(25)15-28-23(26)13-17-7-11-21(27-2)12-8-17/h7-12,14,16H,3-6,13,15H2,1-2H3,(H,24,25)/t16-/m0/s1. The molecule has 5 nitrogen and oxygen atoms in total. The van der Waals surface area contributed by atoms with Crippen molar-refractivity contribution in [3.05, 3.63) is 64.7 Å². The fourth-order valence-electron chi connectivity index (χ4n) is 3.50. The summed E-state index contributed by atoms with van der Waals surface area (Å²) in [6, 6.07) is 13.5. The molecule has 0 radical (unpaired) electrons. The molecule has 28 heavy (non-hydrogen) atoms. The molecular weight excluding hydrogens is 354 g/mol. The predicted octanol–water partition coefficient (Wildman–Crippen LogP) is 3.54. The first-order valence-corrected chi connectivity index (χ1v) is 9.75. The van der Waals surface area contributed by atoms with Crippen molar-refractivity contribution in [1.82, 2.24) is 5.32 Å². The summed E-state index contributed by atoms with van der Waals surface area (Å²) < 4.78 is 10.2. The van der Waals surface area contributed by atoms with Crippen LogP contribution in [0.4, 0.5) is 0 Å². The van der Waals surface area contributed by atoms with E-state index in [-0.39, 0.29) is 25.0 Å². The number of fused-ring (bicyclic) bond motifs is 1. The minimum Gasteiger partial charge on any atom is -0.497 e. The molecule has 0 bridgehead atoms. The SMILES string of the molecule is COc1ccc(CC(=O)OCC(=O)N[C@@H](C)c2ccc3c(c2)CCCC3)cc1. The molecule has 0 unspecified atom stereocenters. The number of methoxy groups -OCH3 is 1. The lowest BCUT2D eigenvalue weighted by Crippen LogP contribution is -2.31. The Morgan fingerprint density at radius 3 is 2.46 bits per heavy atom. The van der Waals surface area contributed by atoms with Gasteiger partial charge in [-0.2, -0.15) is 0 Å². The van der Waals surface area contributed by atoms with Gasteiger partial charge in [-0.15, -0.1) is 0 Å². The maximum atomic E-state index is 12.2. The van der Waals surface area contributed by atoms with Crippen LogP contribution in [0.2, 0.25) is 0 Å². The number of nitrogens with one attached hydrogen (secondary N) is 1. The van der Waals surface area contributed by atoms with Gasteiger partial charge in [0.15, 0.2) is 6.61 Å². The summed E-state index contributed by atoms with van der Waals surface area (Å²) in [7, 11) is 1.59. The summed E-state index contributed by atoms with van der Waals surface area (Å²) in [5, 5.41) is 2.90. The normalized spacial score (nSPS) is 13.9. The molecule has 1 aliphatic rings. The van der Waals surface area contributed by atoms with Crippen molar-refractivity contribution >= 4 is 11.9 Å². The Morgan fingerprint density at radius 1 is 1.04 bits per heavy atom. The molecule has 0 saturated heterocycles. The molecule has 1 aliphatic carbocycles. The van der Waals surface area contributed by atoms with E-state index in [9.17, 15) is 9.59 Å². The Bertz CT molecular complexity index is 829. The maximum absolute atomic E-state index is 12.2. The van der Waals surface area contributed by atoms with Crippen LogP contribution < -0.4 is 10.1 Å². The molecule has 0 spiro atoms. The number of amides is 1. The first-order valence-electron chi connectivity index (χ1n) is 9.75. The van der Waals surface area contributed by atoms with Crippen molar-refractivity contribution in [2.45, 2.75) is 45.1 Å². The summed E-state index contributed by atoms with van der Waals surface area (Å²) in [4.78, 5) is 24.1. The van der Waals surface area contributed by atoms with Crippen molar-refractivity contribution in [3.8, 4) is 5.75 Å². The lowest BCUT2D eigenvalue weighted by Gasteiger charge is -2.20. The second-order valence-electron chi connectivity index (χ2n) is 7.21. The molecule has 1 N–H and O–H groups in total. The van der Waals surface area contributed by atoms with Crippen molar-refractivity contribution in [2.24, 2.45) is 0 Å². The Balaban J connectivity index is 1.46. The number of carbonyl (C=O) groups excluding carboxylic acids is 2. The van der Waals surface area contributed by atoms with Gasteiger partial charge in [-0.25, -0.2) is 0 Å². The molecule has 1 amide bonds. The predicted molar refractivity (Wildman–Crippen MR) is 107 cm³/mol.